The number of carbonyl (C=O) groups is 1. The summed E-state index contributed by atoms with van der Waals surface area (Å²) in [6, 6.07) is 7.44. The molecule has 1 unspecified atom stereocenters. The fraction of sp³-hybridized carbons (Fsp3) is 0.231. The van der Waals surface area contributed by atoms with Crippen molar-refractivity contribution in [3.63, 3.8) is 0 Å². The first kappa shape index (κ1) is 12.2. The highest BCUT2D eigenvalue weighted by atomic mass is 35.5. The van der Waals surface area contributed by atoms with E-state index in [1.807, 2.05) is 28.8 Å². The summed E-state index contributed by atoms with van der Waals surface area (Å²) >= 11 is 5.85. The molecule has 3 rings (SSSR count). The molecule has 0 saturated carbocycles. The zero-order valence-electron chi connectivity index (χ0n) is 9.91. The number of aromatic carboxylic acids is 1. The second-order valence-electron chi connectivity index (χ2n) is 4.35. The number of rotatable bonds is 2. The molecule has 0 radical (unpaired) electrons. The molecule has 0 saturated heterocycles. The third-order valence-corrected chi connectivity index (χ3v) is 3.35. The summed E-state index contributed by atoms with van der Waals surface area (Å²) in [6.45, 7) is 0.859. The zero-order chi connectivity index (χ0) is 13.4. The number of benzene rings is 1. The number of halogens is 1. The van der Waals surface area contributed by atoms with Gasteiger partial charge in [0.1, 0.15) is 18.5 Å². The fourth-order valence-electron chi connectivity index (χ4n) is 2.12. The first-order valence-electron chi connectivity index (χ1n) is 5.80. The molecular weight excluding hydrogens is 268 g/mol. The smallest absolute Gasteiger partial charge is 0.356 e. The van der Waals surface area contributed by atoms with Crippen LogP contribution in [0.3, 0.4) is 0 Å². The zero-order valence-corrected chi connectivity index (χ0v) is 10.7. The van der Waals surface area contributed by atoms with Gasteiger partial charge < -0.3 is 14.4 Å². The summed E-state index contributed by atoms with van der Waals surface area (Å²) < 4.78 is 7.53. The molecule has 2 heterocycles. The minimum atomic E-state index is -1.02. The Balaban J connectivity index is 1.85. The average molecular weight is 279 g/mol. The standard InChI is InChI=1S/C13H11ClN2O3/c14-9-3-1-8(2-4-9)11-6-16-5-10(13(17)18)15-12(16)7-19-11/h1-5,11H,6-7H2,(H,17,18). The quantitative estimate of drug-likeness (QED) is 0.917. The van der Waals surface area contributed by atoms with E-state index >= 15 is 0 Å². The summed E-state index contributed by atoms with van der Waals surface area (Å²) in [4.78, 5) is 14.9. The SMILES string of the molecule is O=C(O)c1cn2c(n1)COC(c1ccc(Cl)cc1)C2. The van der Waals surface area contributed by atoms with Crippen LogP contribution in [-0.4, -0.2) is 20.6 Å². The minimum absolute atomic E-state index is 0.0513. The van der Waals surface area contributed by atoms with Crippen LogP contribution in [-0.2, 0) is 17.9 Å². The van der Waals surface area contributed by atoms with Crippen LogP contribution < -0.4 is 0 Å². The molecule has 1 aromatic heterocycles. The number of nitrogens with zero attached hydrogens (tertiary/aromatic N) is 2. The summed E-state index contributed by atoms with van der Waals surface area (Å²) in [6.07, 6.45) is 1.43. The Morgan fingerprint density at radius 3 is 2.84 bits per heavy atom. The Hall–Kier alpha value is -1.85. The van der Waals surface area contributed by atoms with Crippen LogP contribution in [0, 0.1) is 0 Å². The number of carboxylic acid groups (broad SMARTS) is 1. The monoisotopic (exact) mass is 278 g/mol. The van der Waals surface area contributed by atoms with Crippen LogP contribution in [0.4, 0.5) is 0 Å². The number of imidazole rings is 1. The van der Waals surface area contributed by atoms with Gasteiger partial charge in [-0.25, -0.2) is 9.78 Å². The summed E-state index contributed by atoms with van der Waals surface area (Å²) in [5.74, 6) is -0.382. The molecule has 0 bridgehead atoms. The number of fused-ring (bicyclic) bond motifs is 1. The molecule has 98 valence electrons. The van der Waals surface area contributed by atoms with E-state index in [0.717, 1.165) is 5.56 Å². The maximum Gasteiger partial charge on any atom is 0.356 e. The predicted octanol–water partition coefficient (Wildman–Crippen LogP) is 2.51. The van der Waals surface area contributed by atoms with Crippen molar-refractivity contribution in [3.8, 4) is 0 Å². The Bertz CT molecular complexity index is 621. The molecule has 0 amide bonds. The normalized spacial score (nSPS) is 18.1. The maximum atomic E-state index is 10.9. The molecule has 5 nitrogen and oxygen atoms in total. The van der Waals surface area contributed by atoms with Crippen molar-refractivity contribution in [1.29, 1.82) is 0 Å². The lowest BCUT2D eigenvalue weighted by Gasteiger charge is -2.24. The van der Waals surface area contributed by atoms with Crippen molar-refractivity contribution in [1.82, 2.24) is 9.55 Å². The highest BCUT2D eigenvalue weighted by Gasteiger charge is 2.23. The lowest BCUT2D eigenvalue weighted by molar-refractivity contribution is 0.000488. The van der Waals surface area contributed by atoms with Gasteiger partial charge in [-0.1, -0.05) is 23.7 Å². The summed E-state index contributed by atoms with van der Waals surface area (Å²) in [5.41, 5.74) is 1.07. The molecule has 1 atom stereocenters. The van der Waals surface area contributed by atoms with Crippen molar-refractivity contribution in [2.75, 3.05) is 0 Å². The van der Waals surface area contributed by atoms with Crippen LogP contribution in [0.5, 0.6) is 0 Å². The van der Waals surface area contributed by atoms with Crippen LogP contribution in [0.15, 0.2) is 30.5 Å². The highest BCUT2D eigenvalue weighted by Crippen LogP contribution is 2.27. The van der Waals surface area contributed by atoms with E-state index in [2.05, 4.69) is 4.98 Å². The molecule has 0 aliphatic carbocycles. The van der Waals surface area contributed by atoms with Gasteiger partial charge in [-0.2, -0.15) is 0 Å². The van der Waals surface area contributed by atoms with E-state index in [9.17, 15) is 4.79 Å². The van der Waals surface area contributed by atoms with Crippen LogP contribution >= 0.6 is 11.6 Å². The van der Waals surface area contributed by atoms with E-state index < -0.39 is 5.97 Å². The summed E-state index contributed by atoms with van der Waals surface area (Å²) in [5, 5.41) is 9.59. The second-order valence-corrected chi connectivity index (χ2v) is 4.79. The van der Waals surface area contributed by atoms with Gasteiger partial charge in [0.25, 0.3) is 0 Å². The molecule has 1 aromatic carbocycles. The molecule has 1 N–H and O–H groups in total. The van der Waals surface area contributed by atoms with Crippen molar-refractivity contribution >= 4 is 17.6 Å². The number of hydrogen-bond donors (Lipinski definition) is 1. The number of aromatic nitrogens is 2. The predicted molar refractivity (Wildman–Crippen MR) is 68.2 cm³/mol. The third-order valence-electron chi connectivity index (χ3n) is 3.10. The minimum Gasteiger partial charge on any atom is -0.476 e. The molecule has 1 aliphatic heterocycles. The molecule has 1 aliphatic rings. The van der Waals surface area contributed by atoms with Crippen molar-refractivity contribution < 1.29 is 14.6 Å². The van der Waals surface area contributed by atoms with Gasteiger partial charge >= 0.3 is 5.97 Å². The van der Waals surface area contributed by atoms with E-state index in [1.54, 1.807) is 6.20 Å². The Labute approximate surface area is 114 Å². The molecule has 19 heavy (non-hydrogen) atoms. The van der Waals surface area contributed by atoms with Gasteiger partial charge in [0.05, 0.1) is 6.54 Å². The Kier molecular flexibility index (Phi) is 3.00. The van der Waals surface area contributed by atoms with Gasteiger partial charge in [-0.3, -0.25) is 0 Å². The maximum absolute atomic E-state index is 10.9. The molecule has 6 heteroatoms. The first-order chi connectivity index (χ1) is 9.13. The van der Waals surface area contributed by atoms with Crippen molar-refractivity contribution in [2.24, 2.45) is 0 Å². The second kappa shape index (κ2) is 4.68. The van der Waals surface area contributed by atoms with E-state index in [-0.39, 0.29) is 11.8 Å². The van der Waals surface area contributed by atoms with E-state index in [0.29, 0.717) is 24.0 Å². The molecule has 0 fully saturated rings. The fourth-order valence-corrected chi connectivity index (χ4v) is 2.24. The number of carboxylic acids is 1. The lowest BCUT2D eigenvalue weighted by atomic mass is 10.1. The number of ether oxygens (including phenoxy) is 1. The third kappa shape index (κ3) is 2.34. The van der Waals surface area contributed by atoms with Gasteiger partial charge in [-0.05, 0) is 17.7 Å². The first-order valence-corrected chi connectivity index (χ1v) is 6.17. The molecular formula is C13H11ClN2O3. The highest BCUT2D eigenvalue weighted by molar-refractivity contribution is 6.30. The van der Waals surface area contributed by atoms with E-state index in [4.69, 9.17) is 21.4 Å². The van der Waals surface area contributed by atoms with Crippen molar-refractivity contribution in [3.05, 3.63) is 52.6 Å². The van der Waals surface area contributed by atoms with E-state index in [1.165, 1.54) is 0 Å². The topological polar surface area (TPSA) is 64.3 Å². The van der Waals surface area contributed by atoms with Gasteiger partial charge in [0, 0.05) is 11.2 Å². The van der Waals surface area contributed by atoms with Crippen LogP contribution in [0.1, 0.15) is 28.0 Å². The van der Waals surface area contributed by atoms with Crippen LogP contribution in [0.25, 0.3) is 0 Å². The Morgan fingerprint density at radius 1 is 1.42 bits per heavy atom. The summed E-state index contributed by atoms with van der Waals surface area (Å²) in [7, 11) is 0. The Morgan fingerprint density at radius 2 is 2.16 bits per heavy atom. The molecule has 2 aromatic rings. The lowest BCUT2D eigenvalue weighted by Crippen LogP contribution is -2.20. The van der Waals surface area contributed by atoms with Gasteiger partial charge in [-0.15, -0.1) is 0 Å². The van der Waals surface area contributed by atoms with Gasteiger partial charge in [0.15, 0.2) is 5.69 Å². The van der Waals surface area contributed by atoms with Gasteiger partial charge in [0.2, 0.25) is 0 Å². The largest absolute Gasteiger partial charge is 0.476 e. The van der Waals surface area contributed by atoms with Crippen LogP contribution in [0.2, 0.25) is 5.02 Å². The average Bonchev–Trinajstić information content (AvgIpc) is 2.82. The number of hydrogen-bond acceptors (Lipinski definition) is 3. The molecule has 0 spiro atoms. The van der Waals surface area contributed by atoms with Crippen molar-refractivity contribution in [2.45, 2.75) is 19.3 Å².